The lowest BCUT2D eigenvalue weighted by Crippen LogP contribution is -2.55. The molecule has 106 valence electrons. The Morgan fingerprint density at radius 3 is 2.89 bits per heavy atom. The maximum Gasteiger partial charge on any atom is 0.344 e. The fourth-order valence-corrected chi connectivity index (χ4v) is 3.00. The first-order chi connectivity index (χ1) is 8.98. The van der Waals surface area contributed by atoms with Crippen molar-refractivity contribution in [1.82, 2.24) is 20.1 Å². The highest BCUT2D eigenvalue weighted by Gasteiger charge is 2.33. The monoisotopic (exact) mass is 285 g/mol. The van der Waals surface area contributed by atoms with Crippen molar-refractivity contribution in [2.75, 3.05) is 12.3 Å². The molecule has 7 nitrogen and oxygen atoms in total. The number of carbonyl (C=O) groups is 1. The number of thioether (sulfide) groups is 1. The molecule has 1 saturated carbocycles. The van der Waals surface area contributed by atoms with Gasteiger partial charge in [0.05, 0.1) is 0 Å². The number of nitrogens with zero attached hydrogens (tertiary/aromatic N) is 2. The van der Waals surface area contributed by atoms with Crippen LogP contribution in [0, 0.1) is 0 Å². The normalized spacial score (nSPS) is 18.2. The zero-order chi connectivity index (χ0) is 14.0. The summed E-state index contributed by atoms with van der Waals surface area (Å²) in [7, 11) is 0. The lowest BCUT2D eigenvalue weighted by molar-refractivity contribution is -0.122. The van der Waals surface area contributed by atoms with E-state index >= 15 is 0 Å². The molecule has 1 heterocycles. The average Bonchev–Trinajstić information content (AvgIpc) is 3.11. The smallest absolute Gasteiger partial charge is 0.344 e. The number of aromatic nitrogens is 3. The molecule has 2 rings (SSSR count). The van der Waals surface area contributed by atoms with Crippen molar-refractivity contribution >= 4 is 17.7 Å². The van der Waals surface area contributed by atoms with Gasteiger partial charge in [0.25, 0.3) is 0 Å². The number of aromatic amines is 1. The van der Waals surface area contributed by atoms with E-state index in [1.54, 1.807) is 11.5 Å². The average molecular weight is 285 g/mol. The van der Waals surface area contributed by atoms with E-state index in [0.29, 0.717) is 17.5 Å². The van der Waals surface area contributed by atoms with Gasteiger partial charge in [0, 0.05) is 11.8 Å². The molecule has 0 bridgehead atoms. The zero-order valence-electron chi connectivity index (χ0n) is 11.1. The Bertz CT molecular complexity index is 521. The molecule has 4 N–H and O–H groups in total. The van der Waals surface area contributed by atoms with Crippen LogP contribution in [0.1, 0.15) is 32.7 Å². The van der Waals surface area contributed by atoms with Gasteiger partial charge >= 0.3 is 5.69 Å². The Balaban J connectivity index is 2.09. The van der Waals surface area contributed by atoms with Gasteiger partial charge in [-0.05, 0) is 26.3 Å². The quantitative estimate of drug-likeness (QED) is 0.604. The van der Waals surface area contributed by atoms with Crippen LogP contribution >= 0.6 is 11.8 Å². The molecule has 0 aromatic carbocycles. The van der Waals surface area contributed by atoms with Crippen LogP contribution in [0.25, 0.3) is 0 Å². The van der Waals surface area contributed by atoms with Crippen LogP contribution in [0.2, 0.25) is 0 Å². The van der Waals surface area contributed by atoms with Crippen LogP contribution in [0.5, 0.6) is 0 Å². The summed E-state index contributed by atoms with van der Waals surface area (Å²) in [5.41, 5.74) is 4.44. The van der Waals surface area contributed by atoms with Crippen molar-refractivity contribution in [1.29, 1.82) is 0 Å². The van der Waals surface area contributed by atoms with Gasteiger partial charge in [-0.1, -0.05) is 18.7 Å². The fourth-order valence-electron chi connectivity index (χ4n) is 1.86. The summed E-state index contributed by atoms with van der Waals surface area (Å²) in [5.74, 6) is 0.0328. The Hall–Kier alpha value is -1.28. The van der Waals surface area contributed by atoms with Crippen molar-refractivity contribution in [3.8, 4) is 0 Å². The molecule has 1 aliphatic rings. The van der Waals surface area contributed by atoms with Crippen molar-refractivity contribution in [2.45, 2.75) is 43.4 Å². The number of hydrogen-bond acceptors (Lipinski definition) is 5. The number of nitrogens with one attached hydrogen (secondary N) is 2. The predicted octanol–water partition coefficient (Wildman–Crippen LogP) is -0.148. The topological polar surface area (TPSA) is 106 Å². The Kier molecular flexibility index (Phi) is 4.00. The molecule has 19 heavy (non-hydrogen) atoms. The molecule has 1 aromatic rings. The standard InChI is InChI=1S/C11H19N5O2S/c1-3-13-11(2,8(12)17)6-19-10-15-14-9(18)16(10)7-4-5-7/h7,13H,3-6H2,1-2H3,(H2,12,17)(H,14,18). The number of carbonyl (C=O) groups excluding carboxylic acids is 1. The molecule has 1 atom stereocenters. The third-order valence-corrected chi connectivity index (χ3v) is 4.45. The summed E-state index contributed by atoms with van der Waals surface area (Å²) < 4.78 is 1.66. The largest absolute Gasteiger partial charge is 0.368 e. The molecule has 1 aromatic heterocycles. The molecular formula is C11H19N5O2S. The molecule has 0 radical (unpaired) electrons. The summed E-state index contributed by atoms with van der Waals surface area (Å²) in [6, 6.07) is 0.257. The fraction of sp³-hybridized carbons (Fsp3) is 0.727. The molecule has 0 spiro atoms. The van der Waals surface area contributed by atoms with Crippen LogP contribution in [-0.2, 0) is 4.79 Å². The first kappa shape index (κ1) is 14.1. The van der Waals surface area contributed by atoms with Crippen LogP contribution in [-0.4, -0.2) is 38.5 Å². The van der Waals surface area contributed by atoms with E-state index in [-0.39, 0.29) is 11.7 Å². The van der Waals surface area contributed by atoms with Gasteiger partial charge < -0.3 is 11.1 Å². The number of amides is 1. The van der Waals surface area contributed by atoms with Crippen molar-refractivity contribution < 1.29 is 4.79 Å². The summed E-state index contributed by atoms with van der Waals surface area (Å²) in [6.07, 6.45) is 2.01. The van der Waals surface area contributed by atoms with Crippen LogP contribution in [0.3, 0.4) is 0 Å². The van der Waals surface area contributed by atoms with Crippen LogP contribution in [0.4, 0.5) is 0 Å². The molecule has 0 aliphatic heterocycles. The maximum atomic E-state index is 11.6. The third-order valence-electron chi connectivity index (χ3n) is 3.18. The Morgan fingerprint density at radius 2 is 2.37 bits per heavy atom. The summed E-state index contributed by atoms with van der Waals surface area (Å²) in [5, 5.41) is 10.2. The SMILES string of the molecule is CCNC(C)(CSc1n[nH]c(=O)n1C1CC1)C(N)=O. The molecule has 1 aliphatic carbocycles. The molecule has 1 unspecified atom stereocenters. The number of rotatable bonds is 7. The van der Waals surface area contributed by atoms with Crippen molar-refractivity contribution in [3.63, 3.8) is 0 Å². The van der Waals surface area contributed by atoms with Gasteiger partial charge in [0.2, 0.25) is 5.91 Å². The van der Waals surface area contributed by atoms with Gasteiger partial charge in [0.1, 0.15) is 5.54 Å². The van der Waals surface area contributed by atoms with Crippen molar-refractivity contribution in [2.24, 2.45) is 5.73 Å². The lowest BCUT2D eigenvalue weighted by atomic mass is 10.1. The highest BCUT2D eigenvalue weighted by molar-refractivity contribution is 7.99. The van der Waals surface area contributed by atoms with E-state index in [2.05, 4.69) is 15.5 Å². The van der Waals surface area contributed by atoms with E-state index in [4.69, 9.17) is 5.73 Å². The zero-order valence-corrected chi connectivity index (χ0v) is 11.9. The summed E-state index contributed by atoms with van der Waals surface area (Å²) in [4.78, 5) is 23.1. The van der Waals surface area contributed by atoms with Crippen molar-refractivity contribution in [3.05, 3.63) is 10.5 Å². The minimum absolute atomic E-state index is 0.186. The second kappa shape index (κ2) is 5.38. The molecular weight excluding hydrogens is 266 g/mol. The Labute approximate surface area is 115 Å². The third kappa shape index (κ3) is 3.01. The van der Waals surface area contributed by atoms with E-state index in [1.807, 2.05) is 6.92 Å². The summed E-state index contributed by atoms with van der Waals surface area (Å²) >= 11 is 1.37. The second-order valence-electron chi connectivity index (χ2n) is 4.93. The van der Waals surface area contributed by atoms with Gasteiger partial charge in [-0.3, -0.25) is 9.36 Å². The number of hydrogen-bond donors (Lipinski definition) is 3. The maximum absolute atomic E-state index is 11.6. The van der Waals surface area contributed by atoms with Gasteiger partial charge in [-0.2, -0.15) is 0 Å². The van der Waals surface area contributed by atoms with Crippen LogP contribution < -0.4 is 16.7 Å². The van der Waals surface area contributed by atoms with E-state index in [9.17, 15) is 9.59 Å². The van der Waals surface area contributed by atoms with E-state index in [0.717, 1.165) is 12.8 Å². The minimum atomic E-state index is -0.803. The molecule has 0 saturated heterocycles. The number of primary amides is 1. The minimum Gasteiger partial charge on any atom is -0.368 e. The second-order valence-corrected chi connectivity index (χ2v) is 5.87. The number of likely N-dealkylation sites (N-methyl/N-ethyl adjacent to an activating group) is 1. The molecule has 1 fully saturated rings. The highest BCUT2D eigenvalue weighted by Crippen LogP contribution is 2.36. The first-order valence-electron chi connectivity index (χ1n) is 6.32. The lowest BCUT2D eigenvalue weighted by Gasteiger charge is -2.26. The predicted molar refractivity (Wildman–Crippen MR) is 73.1 cm³/mol. The van der Waals surface area contributed by atoms with E-state index < -0.39 is 11.4 Å². The van der Waals surface area contributed by atoms with Gasteiger partial charge in [-0.15, -0.1) is 5.10 Å². The van der Waals surface area contributed by atoms with Crippen LogP contribution in [0.15, 0.2) is 9.95 Å². The first-order valence-corrected chi connectivity index (χ1v) is 7.31. The van der Waals surface area contributed by atoms with Gasteiger partial charge in [0.15, 0.2) is 5.16 Å². The number of nitrogens with two attached hydrogens (primary N) is 1. The molecule has 1 amide bonds. The van der Waals surface area contributed by atoms with Gasteiger partial charge in [-0.25, -0.2) is 9.89 Å². The summed E-state index contributed by atoms with van der Waals surface area (Å²) in [6.45, 7) is 4.33. The highest BCUT2D eigenvalue weighted by atomic mass is 32.2. The Morgan fingerprint density at radius 1 is 1.68 bits per heavy atom. The molecule has 8 heteroatoms. The number of H-pyrrole nitrogens is 1. The van der Waals surface area contributed by atoms with E-state index in [1.165, 1.54) is 11.8 Å².